The van der Waals surface area contributed by atoms with E-state index in [0.29, 0.717) is 16.4 Å². The molecule has 4 unspecified atom stereocenters. The number of amides is 3. The molecule has 4 rings (SSSR count). The lowest BCUT2D eigenvalue weighted by molar-refractivity contribution is -0.384. The van der Waals surface area contributed by atoms with Gasteiger partial charge in [0, 0.05) is 35.0 Å². The second kappa shape index (κ2) is 8.81. The largest absolute Gasteiger partial charge is 0.353 e. The molecule has 11 nitrogen and oxygen atoms in total. The lowest BCUT2D eigenvalue weighted by atomic mass is 9.81. The Bertz CT molecular complexity index is 1080. The maximum Gasteiger partial charge on any atom is 0.269 e. The van der Waals surface area contributed by atoms with Gasteiger partial charge in [-0.05, 0) is 30.3 Å². The van der Waals surface area contributed by atoms with Crippen LogP contribution in [0.3, 0.4) is 0 Å². The Morgan fingerprint density at radius 1 is 1.09 bits per heavy atom. The number of carbonyl (C=O) groups excluding carboxylic acids is 3. The number of carbonyl (C=O) groups is 3. The number of piperidine rings is 1. The molecule has 4 atom stereocenters. The molecule has 12 heteroatoms. The summed E-state index contributed by atoms with van der Waals surface area (Å²) in [6, 6.07) is 12.2. The first-order chi connectivity index (χ1) is 15.3. The van der Waals surface area contributed by atoms with E-state index in [4.69, 9.17) is 11.6 Å². The highest BCUT2D eigenvalue weighted by molar-refractivity contribution is 6.30. The molecular weight excluding hydrogens is 440 g/mol. The lowest BCUT2D eigenvalue weighted by Gasteiger charge is -2.43. The summed E-state index contributed by atoms with van der Waals surface area (Å²) in [7, 11) is 0. The van der Waals surface area contributed by atoms with E-state index in [0.717, 1.165) is 0 Å². The number of rotatable bonds is 5. The number of non-ortho nitro benzene ring substituents is 1. The molecule has 0 bridgehead atoms. The van der Waals surface area contributed by atoms with Crippen LogP contribution in [0.1, 0.15) is 6.42 Å². The normalized spacial score (nSPS) is 24.5. The third kappa shape index (κ3) is 4.63. The number of anilines is 2. The van der Waals surface area contributed by atoms with E-state index in [2.05, 4.69) is 26.6 Å². The van der Waals surface area contributed by atoms with Gasteiger partial charge in [-0.1, -0.05) is 17.7 Å². The van der Waals surface area contributed by atoms with Crippen LogP contribution in [0.25, 0.3) is 0 Å². The molecular formula is C20H19ClN6O5. The first-order valence-corrected chi connectivity index (χ1v) is 10.1. The van der Waals surface area contributed by atoms with Gasteiger partial charge in [-0.25, -0.2) is 0 Å². The molecule has 2 aliphatic rings. The van der Waals surface area contributed by atoms with Crippen molar-refractivity contribution in [2.45, 2.75) is 18.9 Å². The van der Waals surface area contributed by atoms with Gasteiger partial charge >= 0.3 is 0 Å². The summed E-state index contributed by atoms with van der Waals surface area (Å²) < 4.78 is 0. The number of nitro benzene ring substituents is 1. The molecule has 2 fully saturated rings. The van der Waals surface area contributed by atoms with Gasteiger partial charge in [0.15, 0.2) is 6.29 Å². The Balaban J connectivity index is 1.46. The van der Waals surface area contributed by atoms with E-state index in [1.165, 1.54) is 24.3 Å². The summed E-state index contributed by atoms with van der Waals surface area (Å²) >= 11 is 5.98. The number of halogens is 1. The van der Waals surface area contributed by atoms with Gasteiger partial charge in [0.1, 0.15) is 0 Å². The first-order valence-electron chi connectivity index (χ1n) is 9.73. The number of hydrogen-bond acceptors (Lipinski definition) is 7. The molecule has 2 aromatic rings. The number of benzene rings is 2. The van der Waals surface area contributed by atoms with Crippen LogP contribution in [0.15, 0.2) is 48.5 Å². The van der Waals surface area contributed by atoms with E-state index in [9.17, 15) is 24.5 Å². The summed E-state index contributed by atoms with van der Waals surface area (Å²) in [4.78, 5) is 48.2. The summed E-state index contributed by atoms with van der Waals surface area (Å²) in [6.45, 7) is 0. The number of nitrogens with zero attached hydrogens (tertiary/aromatic N) is 1. The van der Waals surface area contributed by atoms with Gasteiger partial charge in [-0.15, -0.1) is 0 Å². The van der Waals surface area contributed by atoms with Crippen LogP contribution < -0.4 is 26.6 Å². The molecule has 0 aliphatic carbocycles. The lowest BCUT2D eigenvalue weighted by Crippen LogP contribution is -2.72. The minimum absolute atomic E-state index is 0.116. The Kier molecular flexibility index (Phi) is 5.93. The molecule has 0 spiro atoms. The first kappa shape index (κ1) is 21.5. The van der Waals surface area contributed by atoms with Crippen molar-refractivity contribution in [1.82, 2.24) is 16.0 Å². The summed E-state index contributed by atoms with van der Waals surface area (Å²) in [5.41, 5.74) is 0.866. The van der Waals surface area contributed by atoms with Crippen molar-refractivity contribution in [3.63, 3.8) is 0 Å². The Hall–Kier alpha value is -3.70. The smallest absolute Gasteiger partial charge is 0.269 e. The molecule has 0 radical (unpaired) electrons. The van der Waals surface area contributed by atoms with Crippen molar-refractivity contribution in [2.24, 2.45) is 11.8 Å². The van der Waals surface area contributed by atoms with Gasteiger partial charge in [0.25, 0.3) is 5.69 Å². The highest BCUT2D eigenvalue weighted by atomic mass is 35.5. The molecule has 5 N–H and O–H groups in total. The number of fused-ring (bicyclic) bond motifs is 1. The highest BCUT2D eigenvalue weighted by Crippen LogP contribution is 2.28. The average Bonchev–Trinajstić information content (AvgIpc) is 2.73. The fourth-order valence-corrected chi connectivity index (χ4v) is 3.99. The van der Waals surface area contributed by atoms with E-state index < -0.39 is 41.0 Å². The second-order valence-electron chi connectivity index (χ2n) is 7.44. The quantitative estimate of drug-likeness (QED) is 0.335. The van der Waals surface area contributed by atoms with E-state index in [1.807, 2.05) is 0 Å². The number of nitrogens with one attached hydrogen (secondary N) is 5. The van der Waals surface area contributed by atoms with Crippen molar-refractivity contribution in [2.75, 3.05) is 10.6 Å². The molecule has 2 saturated heterocycles. The zero-order valence-corrected chi connectivity index (χ0v) is 17.3. The molecule has 166 valence electrons. The zero-order valence-electron chi connectivity index (χ0n) is 16.5. The van der Waals surface area contributed by atoms with Crippen LogP contribution in [-0.2, 0) is 14.4 Å². The third-order valence-corrected chi connectivity index (χ3v) is 5.50. The summed E-state index contributed by atoms with van der Waals surface area (Å²) in [5.74, 6) is -3.08. The van der Waals surface area contributed by atoms with Crippen molar-refractivity contribution in [1.29, 1.82) is 0 Å². The Morgan fingerprint density at radius 3 is 2.53 bits per heavy atom. The number of nitro groups is 1. The molecule has 0 saturated carbocycles. The van der Waals surface area contributed by atoms with Gasteiger partial charge in [0.05, 0.1) is 22.9 Å². The maximum atomic E-state index is 12.9. The summed E-state index contributed by atoms with van der Waals surface area (Å²) in [6.07, 6.45) is -1.63. The van der Waals surface area contributed by atoms with Crippen molar-refractivity contribution >= 4 is 46.4 Å². The van der Waals surface area contributed by atoms with Crippen LogP contribution >= 0.6 is 11.6 Å². The molecule has 0 aromatic heterocycles. The predicted octanol–water partition coefficient (Wildman–Crippen LogP) is 1.38. The maximum absolute atomic E-state index is 12.9. The van der Waals surface area contributed by atoms with Crippen LogP contribution in [0.2, 0.25) is 5.02 Å². The number of hydrogen-bond donors (Lipinski definition) is 5. The standard InChI is InChI=1S/C20H19ClN6O5/c21-10-2-1-3-12(8-10)23-20-25-17-16(19(30)26-20)14(9-15(28)24-17)18(29)22-11-4-6-13(7-5-11)27(31)32/h1-8,14,16-17,20,23,25H,9H2,(H,22,29)(H,24,28)(H,26,30). The fourth-order valence-electron chi connectivity index (χ4n) is 3.80. The Labute approximate surface area is 187 Å². The minimum Gasteiger partial charge on any atom is -0.353 e. The molecule has 2 heterocycles. The topological polar surface area (TPSA) is 154 Å². The van der Waals surface area contributed by atoms with Crippen LogP contribution in [0, 0.1) is 22.0 Å². The third-order valence-electron chi connectivity index (χ3n) is 5.27. The van der Waals surface area contributed by atoms with Crippen molar-refractivity contribution in [3.05, 3.63) is 63.7 Å². The highest BCUT2D eigenvalue weighted by Gasteiger charge is 2.48. The monoisotopic (exact) mass is 458 g/mol. The summed E-state index contributed by atoms with van der Waals surface area (Å²) in [5, 5.41) is 25.5. The van der Waals surface area contributed by atoms with Gasteiger partial charge in [0.2, 0.25) is 17.7 Å². The van der Waals surface area contributed by atoms with E-state index in [-0.39, 0.29) is 18.0 Å². The van der Waals surface area contributed by atoms with Crippen molar-refractivity contribution in [3.8, 4) is 0 Å². The molecule has 2 aromatic carbocycles. The van der Waals surface area contributed by atoms with Gasteiger partial charge < -0.3 is 21.3 Å². The fraction of sp³-hybridized carbons (Fsp3) is 0.250. The van der Waals surface area contributed by atoms with Gasteiger partial charge in [-0.3, -0.25) is 29.8 Å². The van der Waals surface area contributed by atoms with Crippen LogP contribution in [0.4, 0.5) is 17.1 Å². The molecule has 2 aliphatic heterocycles. The van der Waals surface area contributed by atoms with Gasteiger partial charge in [-0.2, -0.15) is 0 Å². The predicted molar refractivity (Wildman–Crippen MR) is 115 cm³/mol. The van der Waals surface area contributed by atoms with Crippen LogP contribution in [0.5, 0.6) is 0 Å². The zero-order chi connectivity index (χ0) is 22.8. The average molecular weight is 459 g/mol. The Morgan fingerprint density at radius 2 is 1.84 bits per heavy atom. The van der Waals surface area contributed by atoms with Crippen LogP contribution in [-0.4, -0.2) is 35.1 Å². The minimum atomic E-state index is -0.927. The molecule has 32 heavy (non-hydrogen) atoms. The SMILES string of the molecule is O=C1CC(C(=O)Nc2ccc([N+](=O)[O-])cc2)C2C(=O)NC(Nc3cccc(Cl)c3)NC2N1. The molecule has 3 amide bonds. The van der Waals surface area contributed by atoms with Crippen molar-refractivity contribution < 1.29 is 19.3 Å². The van der Waals surface area contributed by atoms with E-state index >= 15 is 0 Å². The second-order valence-corrected chi connectivity index (χ2v) is 7.87. The van der Waals surface area contributed by atoms with E-state index in [1.54, 1.807) is 24.3 Å².